The summed E-state index contributed by atoms with van der Waals surface area (Å²) in [5.41, 5.74) is 0.827. The number of nitrogens with one attached hydrogen (secondary N) is 1. The quantitative estimate of drug-likeness (QED) is 0.664. The van der Waals surface area contributed by atoms with E-state index < -0.39 is 0 Å². The van der Waals surface area contributed by atoms with Crippen molar-refractivity contribution in [1.82, 2.24) is 24.9 Å². The van der Waals surface area contributed by atoms with Crippen LogP contribution in [-0.2, 0) is 18.4 Å². The molecule has 2 heterocycles. The van der Waals surface area contributed by atoms with Gasteiger partial charge in [-0.25, -0.2) is 4.99 Å². The summed E-state index contributed by atoms with van der Waals surface area (Å²) in [7, 11) is 1.89. The lowest BCUT2D eigenvalue weighted by Crippen LogP contribution is -2.66. The van der Waals surface area contributed by atoms with E-state index in [4.69, 9.17) is 4.99 Å². The molecule has 7 heteroatoms. The van der Waals surface area contributed by atoms with E-state index >= 15 is 0 Å². The Morgan fingerprint density at radius 3 is 2.67 bits per heavy atom. The molecule has 1 saturated heterocycles. The molecule has 1 N–H and O–H groups in total. The van der Waals surface area contributed by atoms with Crippen LogP contribution in [0, 0.1) is 0 Å². The average molecular weight is 334 g/mol. The fraction of sp³-hybridized carbons (Fsp3) is 0.706. The number of aliphatic imine (C=N–C) groups is 1. The standard InChI is InChI=1S/C17H30N6O/c1-7-18-16(19-8-14-9-20-21(6)10-14)22-11-15(24)23(13(2)3)17(4,5)12-22/h9-10,13H,7-8,11-12H2,1-6H3,(H,18,19). The second-order valence-corrected chi connectivity index (χ2v) is 7.22. The van der Waals surface area contributed by atoms with Crippen molar-refractivity contribution in [3.63, 3.8) is 0 Å². The topological polar surface area (TPSA) is 65.8 Å². The number of carbonyl (C=O) groups is 1. The van der Waals surface area contributed by atoms with Crippen molar-refractivity contribution in [3.8, 4) is 0 Å². The van der Waals surface area contributed by atoms with Crippen molar-refractivity contribution in [1.29, 1.82) is 0 Å². The molecular weight excluding hydrogens is 304 g/mol. The van der Waals surface area contributed by atoms with Crippen LogP contribution in [0.25, 0.3) is 0 Å². The van der Waals surface area contributed by atoms with Gasteiger partial charge in [-0.05, 0) is 34.6 Å². The fourth-order valence-corrected chi connectivity index (χ4v) is 3.46. The number of hydrogen-bond acceptors (Lipinski definition) is 3. The number of aromatic nitrogens is 2. The molecule has 134 valence electrons. The van der Waals surface area contributed by atoms with Crippen molar-refractivity contribution < 1.29 is 4.79 Å². The van der Waals surface area contributed by atoms with E-state index in [2.05, 4.69) is 43.0 Å². The highest BCUT2D eigenvalue weighted by molar-refractivity contribution is 5.88. The Labute approximate surface area is 144 Å². The molecule has 2 rings (SSSR count). The summed E-state index contributed by atoms with van der Waals surface area (Å²) in [5, 5.41) is 7.48. The summed E-state index contributed by atoms with van der Waals surface area (Å²) in [5.74, 6) is 0.930. The first-order chi connectivity index (χ1) is 11.2. The van der Waals surface area contributed by atoms with E-state index in [0.717, 1.165) is 24.6 Å². The SMILES string of the molecule is CCNC(=NCc1cnn(C)c1)N1CC(=O)N(C(C)C)C(C)(C)C1. The van der Waals surface area contributed by atoms with Crippen LogP contribution in [0.5, 0.6) is 0 Å². The molecule has 0 bridgehead atoms. The Balaban J connectivity index is 2.17. The van der Waals surface area contributed by atoms with Gasteiger partial charge in [-0.2, -0.15) is 5.10 Å². The van der Waals surface area contributed by atoms with Gasteiger partial charge >= 0.3 is 0 Å². The van der Waals surface area contributed by atoms with Crippen LogP contribution < -0.4 is 5.32 Å². The summed E-state index contributed by atoms with van der Waals surface area (Å²) in [6, 6.07) is 0.199. The number of rotatable bonds is 4. The number of aryl methyl sites for hydroxylation is 1. The van der Waals surface area contributed by atoms with Crippen LogP contribution in [0.4, 0.5) is 0 Å². The van der Waals surface area contributed by atoms with E-state index in [-0.39, 0.29) is 17.5 Å². The van der Waals surface area contributed by atoms with Crippen LogP contribution in [0.1, 0.15) is 40.2 Å². The lowest BCUT2D eigenvalue weighted by molar-refractivity contribution is -0.145. The number of guanidine groups is 1. The Bertz CT molecular complexity index is 604. The van der Waals surface area contributed by atoms with Gasteiger partial charge in [-0.1, -0.05) is 0 Å². The summed E-state index contributed by atoms with van der Waals surface area (Å²) < 4.78 is 1.77. The van der Waals surface area contributed by atoms with E-state index in [1.54, 1.807) is 4.68 Å². The fourth-order valence-electron chi connectivity index (χ4n) is 3.46. The van der Waals surface area contributed by atoms with Gasteiger partial charge in [-0.15, -0.1) is 0 Å². The van der Waals surface area contributed by atoms with Crippen LogP contribution in [-0.4, -0.2) is 62.7 Å². The van der Waals surface area contributed by atoms with Crippen LogP contribution >= 0.6 is 0 Å². The molecule has 1 amide bonds. The molecule has 1 aromatic heterocycles. The molecule has 0 aromatic carbocycles. The molecule has 0 radical (unpaired) electrons. The number of hydrogen-bond donors (Lipinski definition) is 1. The first kappa shape index (κ1) is 18.3. The van der Waals surface area contributed by atoms with Gasteiger partial charge < -0.3 is 15.1 Å². The third kappa shape index (κ3) is 4.07. The minimum absolute atomic E-state index is 0.147. The first-order valence-electron chi connectivity index (χ1n) is 8.57. The molecule has 0 unspecified atom stereocenters. The predicted octanol–water partition coefficient (Wildman–Crippen LogP) is 1.22. The number of carbonyl (C=O) groups excluding carboxylic acids is 1. The van der Waals surface area contributed by atoms with E-state index in [1.807, 2.05) is 31.3 Å². The van der Waals surface area contributed by atoms with E-state index in [1.165, 1.54) is 0 Å². The largest absolute Gasteiger partial charge is 0.356 e. The van der Waals surface area contributed by atoms with Crippen LogP contribution in [0.15, 0.2) is 17.4 Å². The molecule has 1 aliphatic rings. The highest BCUT2D eigenvalue weighted by Gasteiger charge is 2.40. The van der Waals surface area contributed by atoms with Crippen molar-refractivity contribution in [3.05, 3.63) is 18.0 Å². The van der Waals surface area contributed by atoms with Crippen LogP contribution in [0.3, 0.4) is 0 Å². The minimum atomic E-state index is -0.228. The molecule has 0 atom stereocenters. The molecule has 7 nitrogen and oxygen atoms in total. The van der Waals surface area contributed by atoms with Crippen molar-refractivity contribution in [2.24, 2.45) is 12.0 Å². The van der Waals surface area contributed by atoms with Gasteiger partial charge in [0.05, 0.1) is 24.8 Å². The third-order valence-electron chi connectivity index (χ3n) is 4.15. The average Bonchev–Trinajstić information content (AvgIpc) is 2.86. The monoisotopic (exact) mass is 334 g/mol. The van der Waals surface area contributed by atoms with Crippen molar-refractivity contribution >= 4 is 11.9 Å². The van der Waals surface area contributed by atoms with Gasteiger partial charge in [0.1, 0.15) is 0 Å². The lowest BCUT2D eigenvalue weighted by atomic mass is 9.96. The van der Waals surface area contributed by atoms with E-state index in [0.29, 0.717) is 13.1 Å². The van der Waals surface area contributed by atoms with Crippen molar-refractivity contribution in [2.45, 2.75) is 52.7 Å². The zero-order chi connectivity index (χ0) is 17.9. The van der Waals surface area contributed by atoms with Crippen molar-refractivity contribution in [2.75, 3.05) is 19.6 Å². The maximum atomic E-state index is 12.6. The third-order valence-corrected chi connectivity index (χ3v) is 4.15. The Morgan fingerprint density at radius 2 is 2.17 bits per heavy atom. The molecule has 0 aliphatic carbocycles. The predicted molar refractivity (Wildman–Crippen MR) is 95.7 cm³/mol. The van der Waals surface area contributed by atoms with Crippen LogP contribution in [0.2, 0.25) is 0 Å². The zero-order valence-electron chi connectivity index (χ0n) is 15.7. The van der Waals surface area contributed by atoms with Gasteiger partial charge in [0.15, 0.2) is 5.96 Å². The summed E-state index contributed by atoms with van der Waals surface area (Å²) in [6.07, 6.45) is 3.78. The zero-order valence-corrected chi connectivity index (χ0v) is 15.7. The van der Waals surface area contributed by atoms with Gasteiger partial charge in [-0.3, -0.25) is 9.48 Å². The Kier molecular flexibility index (Phi) is 5.51. The maximum Gasteiger partial charge on any atom is 0.242 e. The summed E-state index contributed by atoms with van der Waals surface area (Å²) in [4.78, 5) is 21.4. The highest BCUT2D eigenvalue weighted by Crippen LogP contribution is 2.24. The second kappa shape index (κ2) is 7.23. The lowest BCUT2D eigenvalue weighted by Gasteiger charge is -2.49. The summed E-state index contributed by atoms with van der Waals surface area (Å²) >= 11 is 0. The molecular formula is C17H30N6O. The molecule has 24 heavy (non-hydrogen) atoms. The molecule has 0 spiro atoms. The minimum Gasteiger partial charge on any atom is -0.356 e. The number of piperazine rings is 1. The van der Waals surface area contributed by atoms with E-state index in [9.17, 15) is 4.79 Å². The molecule has 1 aliphatic heterocycles. The molecule has 0 saturated carbocycles. The molecule has 1 aromatic rings. The smallest absolute Gasteiger partial charge is 0.242 e. The Morgan fingerprint density at radius 1 is 1.46 bits per heavy atom. The van der Waals surface area contributed by atoms with Gasteiger partial charge in [0, 0.05) is 37.9 Å². The number of nitrogens with zero attached hydrogens (tertiary/aromatic N) is 5. The normalized spacial score (nSPS) is 18.5. The highest BCUT2D eigenvalue weighted by atomic mass is 16.2. The summed E-state index contributed by atoms with van der Waals surface area (Å²) in [6.45, 7) is 12.8. The first-order valence-corrected chi connectivity index (χ1v) is 8.57. The molecule has 1 fully saturated rings. The second-order valence-electron chi connectivity index (χ2n) is 7.22. The van der Waals surface area contributed by atoms with Gasteiger partial charge in [0.25, 0.3) is 0 Å². The maximum absolute atomic E-state index is 12.6. The van der Waals surface area contributed by atoms with Gasteiger partial charge in [0.2, 0.25) is 5.91 Å². The Hall–Kier alpha value is -2.05. The number of amides is 1.